The molecule has 60 heavy (non-hydrogen) atoms. The number of nitrogens with two attached hydrogens (primary N) is 1. The molecule has 340 valence electrons. The van der Waals surface area contributed by atoms with Crippen molar-refractivity contribution < 1.29 is 38.2 Å². The van der Waals surface area contributed by atoms with Crippen LogP contribution in [0.4, 0.5) is 5.69 Å². The van der Waals surface area contributed by atoms with Crippen LogP contribution in [-0.2, 0) is 44.7 Å². The van der Waals surface area contributed by atoms with Gasteiger partial charge in [-0.1, -0.05) is 53.2 Å². The number of ether oxygens (including phenoxy) is 2. The number of carbonyl (C=O) groups excluding carboxylic acids is 6. The predicted octanol–water partition coefficient (Wildman–Crippen LogP) is 2.49. The van der Waals surface area contributed by atoms with E-state index in [2.05, 4.69) is 16.0 Å². The van der Waals surface area contributed by atoms with Crippen molar-refractivity contribution in [2.45, 2.75) is 136 Å². The SMILES string of the molecule is CC[C@H](C)[C@@H]([C@@H](CC(=O)N1CCC[C@H]1[C@H](OC)[C@@H](C)C(=O)N(C)CCc1cccc(NC(=O)[C@H](C)NC(=O)[C@H](C)N)c1)OC)N(C)C(=O)[C@@H](NC(=O)[C@H](C)N(C)C)C(C)C. The molecule has 1 aromatic rings. The molecule has 1 aliphatic rings. The van der Waals surface area contributed by atoms with Gasteiger partial charge < -0.3 is 45.9 Å². The summed E-state index contributed by atoms with van der Waals surface area (Å²) in [5.74, 6) is -2.32. The molecule has 0 bridgehead atoms. The molecule has 0 saturated carbocycles. The summed E-state index contributed by atoms with van der Waals surface area (Å²) in [4.78, 5) is 86.8. The number of likely N-dealkylation sites (tertiary alicyclic amines) is 1. The van der Waals surface area contributed by atoms with Gasteiger partial charge in [0.25, 0.3) is 0 Å². The Labute approximate surface area is 359 Å². The average molecular weight is 845 g/mol. The largest absolute Gasteiger partial charge is 0.379 e. The van der Waals surface area contributed by atoms with Crippen LogP contribution in [0.15, 0.2) is 24.3 Å². The van der Waals surface area contributed by atoms with Gasteiger partial charge >= 0.3 is 0 Å². The van der Waals surface area contributed by atoms with Crippen LogP contribution < -0.4 is 21.7 Å². The quantitative estimate of drug-likeness (QED) is 0.127. The van der Waals surface area contributed by atoms with Crippen molar-refractivity contribution in [1.82, 2.24) is 30.2 Å². The number of nitrogens with one attached hydrogen (secondary N) is 3. The van der Waals surface area contributed by atoms with Crippen LogP contribution in [0.3, 0.4) is 0 Å². The molecule has 1 heterocycles. The molecule has 0 unspecified atom stereocenters. The second-order valence-corrected chi connectivity index (χ2v) is 17.2. The topological polar surface area (TPSA) is 196 Å². The smallest absolute Gasteiger partial charge is 0.246 e. The number of hydrogen-bond acceptors (Lipinski definition) is 10. The van der Waals surface area contributed by atoms with Crippen molar-refractivity contribution in [2.24, 2.45) is 23.5 Å². The highest BCUT2D eigenvalue weighted by molar-refractivity contribution is 5.97. The first-order valence-corrected chi connectivity index (χ1v) is 21.4. The third-order valence-electron chi connectivity index (χ3n) is 12.1. The summed E-state index contributed by atoms with van der Waals surface area (Å²) in [6.45, 7) is 15.5. The third-order valence-corrected chi connectivity index (χ3v) is 12.1. The molecule has 0 spiro atoms. The molecule has 1 fully saturated rings. The monoisotopic (exact) mass is 845 g/mol. The minimum absolute atomic E-state index is 0.0225. The van der Waals surface area contributed by atoms with Crippen LogP contribution in [0.25, 0.3) is 0 Å². The first kappa shape index (κ1) is 52.0. The number of benzene rings is 1. The number of nitrogens with zero attached hydrogens (tertiary/aromatic N) is 4. The highest BCUT2D eigenvalue weighted by atomic mass is 16.5. The Bertz CT molecular complexity index is 1590. The molecule has 10 atom stereocenters. The second-order valence-electron chi connectivity index (χ2n) is 17.2. The summed E-state index contributed by atoms with van der Waals surface area (Å²) in [6.07, 6.45) is 1.50. The van der Waals surface area contributed by atoms with Gasteiger partial charge in [0, 0.05) is 47.1 Å². The number of carbonyl (C=O) groups is 6. The van der Waals surface area contributed by atoms with Gasteiger partial charge in [0.2, 0.25) is 35.4 Å². The van der Waals surface area contributed by atoms with E-state index in [-0.39, 0.29) is 53.8 Å². The fourth-order valence-electron chi connectivity index (χ4n) is 7.76. The zero-order valence-electron chi connectivity index (χ0n) is 38.7. The van der Waals surface area contributed by atoms with Crippen LogP contribution in [0.5, 0.6) is 0 Å². The van der Waals surface area contributed by atoms with E-state index >= 15 is 0 Å². The Morgan fingerprint density at radius 1 is 0.883 bits per heavy atom. The van der Waals surface area contributed by atoms with E-state index in [0.717, 1.165) is 18.4 Å². The summed E-state index contributed by atoms with van der Waals surface area (Å²) < 4.78 is 12.0. The molecule has 0 aliphatic carbocycles. The number of rotatable bonds is 23. The standard InChI is InChI=1S/C44H76N8O8/c1-15-27(4)38(51(12)44(58)37(26(2)3)48-42(56)31(8)49(9)10)35(59-13)25-36(53)52-22-17-20-34(52)39(60-14)28(5)43(57)50(11)23-21-32-18-16-19-33(24-32)47-41(55)30(7)46-40(54)29(6)45/h16,18-19,24,26-31,34-35,37-39H,15,17,20-23,25,45H2,1-14H3,(H,46,54)(H,47,55)(H,48,56)/t27-,28+,29-,30-,31-,34-,35+,37-,38-,39+/m0/s1. The number of likely N-dealkylation sites (N-methyl/N-ethyl adjacent to an activating group) is 3. The molecule has 0 radical (unpaired) electrons. The van der Waals surface area contributed by atoms with Crippen LogP contribution in [-0.4, -0.2) is 159 Å². The first-order valence-electron chi connectivity index (χ1n) is 21.4. The normalized spacial score (nSPS) is 18.7. The molecule has 1 saturated heterocycles. The molecular formula is C44H76N8O8. The highest BCUT2D eigenvalue weighted by Gasteiger charge is 2.43. The van der Waals surface area contributed by atoms with E-state index in [1.54, 1.807) is 69.9 Å². The Balaban J connectivity index is 2.17. The molecule has 16 heteroatoms. The fraction of sp³-hybridized carbons (Fsp3) is 0.727. The summed E-state index contributed by atoms with van der Waals surface area (Å²) in [7, 11) is 10.2. The van der Waals surface area contributed by atoms with Gasteiger partial charge in [0.15, 0.2) is 0 Å². The van der Waals surface area contributed by atoms with E-state index < -0.39 is 54.2 Å². The maximum absolute atomic E-state index is 14.3. The Morgan fingerprint density at radius 2 is 1.53 bits per heavy atom. The minimum atomic E-state index is -0.778. The lowest BCUT2D eigenvalue weighted by Gasteiger charge is -2.41. The fourth-order valence-corrected chi connectivity index (χ4v) is 7.76. The van der Waals surface area contributed by atoms with E-state index in [1.807, 2.05) is 71.8 Å². The summed E-state index contributed by atoms with van der Waals surface area (Å²) in [5, 5.41) is 8.36. The molecule has 6 amide bonds. The lowest BCUT2D eigenvalue weighted by atomic mass is 9.89. The van der Waals surface area contributed by atoms with Gasteiger partial charge in [-0.15, -0.1) is 0 Å². The van der Waals surface area contributed by atoms with Crippen LogP contribution >= 0.6 is 0 Å². The predicted molar refractivity (Wildman–Crippen MR) is 234 cm³/mol. The van der Waals surface area contributed by atoms with Gasteiger partial charge in [-0.25, -0.2) is 0 Å². The van der Waals surface area contributed by atoms with Crippen LogP contribution in [0.2, 0.25) is 0 Å². The number of methoxy groups -OCH3 is 2. The molecule has 2 rings (SSSR count). The Morgan fingerprint density at radius 3 is 2.08 bits per heavy atom. The molecule has 16 nitrogen and oxygen atoms in total. The zero-order valence-corrected chi connectivity index (χ0v) is 38.7. The lowest BCUT2D eigenvalue weighted by molar-refractivity contribution is -0.149. The minimum Gasteiger partial charge on any atom is -0.379 e. The Hall–Kier alpha value is -4.12. The van der Waals surface area contributed by atoms with Crippen molar-refractivity contribution in [3.63, 3.8) is 0 Å². The molecule has 1 aliphatic heterocycles. The van der Waals surface area contributed by atoms with Crippen molar-refractivity contribution >= 4 is 41.1 Å². The van der Waals surface area contributed by atoms with Gasteiger partial charge in [-0.05, 0) is 83.7 Å². The van der Waals surface area contributed by atoms with Gasteiger partial charge in [0.1, 0.15) is 12.1 Å². The van der Waals surface area contributed by atoms with Crippen LogP contribution in [0, 0.1) is 17.8 Å². The number of hydrogen-bond donors (Lipinski definition) is 4. The average Bonchev–Trinajstić information content (AvgIpc) is 3.70. The molecular weight excluding hydrogens is 769 g/mol. The van der Waals surface area contributed by atoms with Crippen LogP contribution in [0.1, 0.15) is 86.6 Å². The highest BCUT2D eigenvalue weighted by Crippen LogP contribution is 2.30. The summed E-state index contributed by atoms with van der Waals surface area (Å²) in [5.41, 5.74) is 7.07. The Kier molecular flexibility index (Phi) is 21.1. The van der Waals surface area contributed by atoms with E-state index in [0.29, 0.717) is 31.6 Å². The van der Waals surface area contributed by atoms with E-state index in [1.165, 1.54) is 0 Å². The second kappa shape index (κ2) is 24.4. The van der Waals surface area contributed by atoms with Crippen molar-refractivity contribution in [3.8, 4) is 0 Å². The van der Waals surface area contributed by atoms with Crippen molar-refractivity contribution in [2.75, 3.05) is 60.8 Å². The van der Waals surface area contributed by atoms with Crippen molar-refractivity contribution in [3.05, 3.63) is 29.8 Å². The molecule has 1 aromatic carbocycles. The molecule has 5 N–H and O–H groups in total. The lowest BCUT2D eigenvalue weighted by Crippen LogP contribution is -2.59. The zero-order chi connectivity index (χ0) is 45.6. The summed E-state index contributed by atoms with van der Waals surface area (Å²) in [6, 6.07) is 3.83. The number of amides is 6. The van der Waals surface area contributed by atoms with E-state index in [9.17, 15) is 28.8 Å². The first-order chi connectivity index (χ1) is 28.1. The number of anilines is 1. The maximum atomic E-state index is 14.3. The van der Waals surface area contributed by atoms with Gasteiger partial charge in [-0.2, -0.15) is 0 Å². The van der Waals surface area contributed by atoms with E-state index in [4.69, 9.17) is 15.2 Å². The maximum Gasteiger partial charge on any atom is 0.246 e. The molecule has 0 aromatic heterocycles. The third kappa shape index (κ3) is 14.2. The summed E-state index contributed by atoms with van der Waals surface area (Å²) >= 11 is 0. The van der Waals surface area contributed by atoms with Gasteiger partial charge in [-0.3, -0.25) is 33.7 Å². The van der Waals surface area contributed by atoms with Crippen molar-refractivity contribution in [1.29, 1.82) is 0 Å². The van der Waals surface area contributed by atoms with Gasteiger partial charge in [0.05, 0.1) is 48.7 Å².